The van der Waals surface area contributed by atoms with E-state index < -0.39 is 0 Å². The molecule has 3 heterocycles. The number of aryl methyl sites for hydroxylation is 1. The zero-order valence-electron chi connectivity index (χ0n) is 18.8. The van der Waals surface area contributed by atoms with E-state index in [0.29, 0.717) is 16.8 Å². The van der Waals surface area contributed by atoms with Gasteiger partial charge in [-0.1, -0.05) is 66.7 Å². The van der Waals surface area contributed by atoms with E-state index >= 15 is 0 Å². The second-order valence-electron chi connectivity index (χ2n) is 8.53. The number of nitrogens with zero attached hydrogens (tertiary/aromatic N) is 5. The third kappa shape index (κ3) is 3.44. The Bertz CT molecular complexity index is 1550. The number of rotatable bonds is 4. The zero-order chi connectivity index (χ0) is 23.1. The predicted octanol–water partition coefficient (Wildman–Crippen LogP) is 5.11. The summed E-state index contributed by atoms with van der Waals surface area (Å²) in [5, 5.41) is 8.80. The number of anilines is 1. The largest absolute Gasteiger partial charge is 0.349 e. The van der Waals surface area contributed by atoms with Crippen molar-refractivity contribution in [3.63, 3.8) is 0 Å². The van der Waals surface area contributed by atoms with Crippen LogP contribution in [0.4, 0.5) is 5.82 Å². The molecular formula is C28H23N5O. The Hall–Kier alpha value is -4.32. The van der Waals surface area contributed by atoms with Crippen LogP contribution in [0.25, 0.3) is 22.3 Å². The Morgan fingerprint density at radius 1 is 0.882 bits per heavy atom. The van der Waals surface area contributed by atoms with E-state index in [4.69, 9.17) is 4.98 Å². The van der Waals surface area contributed by atoms with Crippen molar-refractivity contribution >= 4 is 33.9 Å². The lowest BCUT2D eigenvalue weighted by Gasteiger charge is -2.28. The fraction of sp³-hybridized carbons (Fsp3) is 0.143. The number of hydrogen-bond donors (Lipinski definition) is 0. The van der Waals surface area contributed by atoms with Gasteiger partial charge in [0.15, 0.2) is 11.6 Å². The summed E-state index contributed by atoms with van der Waals surface area (Å²) in [6, 6.07) is 25.5. The highest BCUT2D eigenvalue weighted by Crippen LogP contribution is 2.29. The van der Waals surface area contributed by atoms with Gasteiger partial charge < -0.3 is 4.90 Å². The molecule has 0 aliphatic carbocycles. The molecule has 0 bridgehead atoms. The maximum absolute atomic E-state index is 13.0. The molecule has 0 fully saturated rings. The van der Waals surface area contributed by atoms with E-state index in [2.05, 4.69) is 45.4 Å². The monoisotopic (exact) mass is 445 g/mol. The van der Waals surface area contributed by atoms with E-state index in [-0.39, 0.29) is 5.78 Å². The second-order valence-corrected chi connectivity index (χ2v) is 8.53. The lowest BCUT2D eigenvalue weighted by Crippen LogP contribution is -2.29. The number of fused-ring (bicyclic) bond motifs is 3. The highest BCUT2D eigenvalue weighted by Gasteiger charge is 2.21. The smallest absolute Gasteiger partial charge is 0.204 e. The number of carbonyl (C=O) groups excluding carboxylic acids is 1. The highest BCUT2D eigenvalue weighted by atomic mass is 16.1. The van der Waals surface area contributed by atoms with E-state index in [0.717, 1.165) is 42.2 Å². The van der Waals surface area contributed by atoms with Crippen LogP contribution in [0.2, 0.25) is 0 Å². The molecule has 166 valence electrons. The van der Waals surface area contributed by atoms with Crippen LogP contribution in [0.1, 0.15) is 33.7 Å². The zero-order valence-corrected chi connectivity index (χ0v) is 18.8. The predicted molar refractivity (Wildman–Crippen MR) is 134 cm³/mol. The highest BCUT2D eigenvalue weighted by molar-refractivity contribution is 6.10. The second kappa shape index (κ2) is 8.23. The molecule has 2 aromatic heterocycles. The van der Waals surface area contributed by atoms with Crippen LogP contribution in [-0.4, -0.2) is 38.5 Å². The van der Waals surface area contributed by atoms with Gasteiger partial charge in [0.05, 0.1) is 11.0 Å². The Kier molecular flexibility index (Phi) is 4.91. The van der Waals surface area contributed by atoms with Crippen molar-refractivity contribution in [3.05, 3.63) is 107 Å². The van der Waals surface area contributed by atoms with E-state index in [1.165, 1.54) is 11.1 Å². The average molecular weight is 446 g/mol. The molecule has 0 amide bonds. The fourth-order valence-corrected chi connectivity index (χ4v) is 4.64. The van der Waals surface area contributed by atoms with Crippen LogP contribution >= 0.6 is 0 Å². The van der Waals surface area contributed by atoms with Crippen LogP contribution in [0.3, 0.4) is 0 Å². The van der Waals surface area contributed by atoms with Gasteiger partial charge in [-0.2, -0.15) is 0 Å². The molecule has 3 aromatic carbocycles. The summed E-state index contributed by atoms with van der Waals surface area (Å²) in [5.74, 6) is 1.57. The van der Waals surface area contributed by atoms with Crippen LogP contribution in [-0.2, 0) is 0 Å². The van der Waals surface area contributed by atoms with Crippen LogP contribution < -0.4 is 4.90 Å². The van der Waals surface area contributed by atoms with Crippen molar-refractivity contribution in [2.75, 3.05) is 18.0 Å². The molecule has 34 heavy (non-hydrogen) atoms. The van der Waals surface area contributed by atoms with Crippen molar-refractivity contribution in [3.8, 4) is 0 Å². The summed E-state index contributed by atoms with van der Waals surface area (Å²) in [6.45, 7) is 3.54. The lowest BCUT2D eigenvalue weighted by atomic mass is 9.99. The minimum atomic E-state index is -0.0138. The van der Waals surface area contributed by atoms with Crippen molar-refractivity contribution < 1.29 is 4.79 Å². The summed E-state index contributed by atoms with van der Waals surface area (Å²) < 4.78 is 2.01. The number of benzene rings is 3. The van der Waals surface area contributed by atoms with Crippen LogP contribution in [0.15, 0.2) is 84.9 Å². The first-order chi connectivity index (χ1) is 16.7. The summed E-state index contributed by atoms with van der Waals surface area (Å²) in [5.41, 5.74) is 6.27. The molecule has 6 heteroatoms. The third-order valence-electron chi connectivity index (χ3n) is 6.42. The molecule has 1 aliphatic rings. The lowest BCUT2D eigenvalue weighted by molar-refractivity contribution is 0.103. The van der Waals surface area contributed by atoms with Gasteiger partial charge in [0.1, 0.15) is 5.82 Å². The summed E-state index contributed by atoms with van der Waals surface area (Å²) in [4.78, 5) is 20.3. The topological polar surface area (TPSA) is 63.4 Å². The Morgan fingerprint density at radius 3 is 2.38 bits per heavy atom. The van der Waals surface area contributed by atoms with Crippen LogP contribution in [0.5, 0.6) is 0 Å². The number of carbonyl (C=O) groups is 1. The van der Waals surface area contributed by atoms with Gasteiger partial charge in [-0.25, -0.2) is 4.98 Å². The number of hydrogen-bond acceptors (Lipinski definition) is 5. The van der Waals surface area contributed by atoms with Crippen molar-refractivity contribution in [2.45, 2.75) is 13.3 Å². The Balaban J connectivity index is 1.41. The average Bonchev–Trinajstić information content (AvgIpc) is 3.30. The minimum absolute atomic E-state index is 0.0138. The van der Waals surface area contributed by atoms with Crippen molar-refractivity contribution in [1.29, 1.82) is 0 Å². The Morgan fingerprint density at radius 2 is 1.65 bits per heavy atom. The molecule has 0 atom stereocenters. The molecule has 0 saturated heterocycles. The minimum Gasteiger partial charge on any atom is -0.349 e. The third-order valence-corrected chi connectivity index (χ3v) is 6.42. The van der Waals surface area contributed by atoms with Gasteiger partial charge in [-0.3, -0.25) is 9.20 Å². The maximum Gasteiger partial charge on any atom is 0.204 e. The summed E-state index contributed by atoms with van der Waals surface area (Å²) in [7, 11) is 0. The van der Waals surface area contributed by atoms with E-state index in [1.54, 1.807) is 0 Å². The summed E-state index contributed by atoms with van der Waals surface area (Å²) in [6.07, 6.45) is 3.21. The van der Waals surface area contributed by atoms with Crippen molar-refractivity contribution in [2.24, 2.45) is 0 Å². The van der Waals surface area contributed by atoms with Gasteiger partial charge in [0.25, 0.3) is 0 Å². The molecule has 0 spiro atoms. The molecule has 0 radical (unpaired) electrons. The molecule has 0 unspecified atom stereocenters. The first-order valence-corrected chi connectivity index (χ1v) is 11.4. The molecule has 6 rings (SSSR count). The summed E-state index contributed by atoms with van der Waals surface area (Å²) >= 11 is 0. The number of aromatic nitrogens is 4. The molecule has 0 saturated carbocycles. The maximum atomic E-state index is 13.0. The standard InChI is InChI=1S/C28H23N5O/c1-19-30-31-28-27(32-16-14-21(15-17-32)20-8-4-2-5-9-20)29-24-13-12-23(18-25(24)33(19)28)26(34)22-10-6-3-7-11-22/h2-14,18H,15-17H2,1H3. The molecule has 0 N–H and O–H groups in total. The van der Waals surface area contributed by atoms with Gasteiger partial charge in [-0.15, -0.1) is 10.2 Å². The molecule has 5 aromatic rings. The van der Waals surface area contributed by atoms with E-state index in [1.807, 2.05) is 65.9 Å². The fourth-order valence-electron chi connectivity index (χ4n) is 4.64. The van der Waals surface area contributed by atoms with Gasteiger partial charge in [-0.05, 0) is 42.7 Å². The molecule has 6 nitrogen and oxygen atoms in total. The van der Waals surface area contributed by atoms with Gasteiger partial charge in [0, 0.05) is 24.2 Å². The first-order valence-electron chi connectivity index (χ1n) is 11.4. The van der Waals surface area contributed by atoms with Gasteiger partial charge in [0.2, 0.25) is 5.65 Å². The quantitative estimate of drug-likeness (QED) is 0.360. The number of ketones is 1. The van der Waals surface area contributed by atoms with E-state index in [9.17, 15) is 4.79 Å². The molecular weight excluding hydrogens is 422 g/mol. The SMILES string of the molecule is Cc1nnc2c(N3CC=C(c4ccccc4)CC3)nc3ccc(C(=O)c4ccccc4)cc3n12. The molecule has 1 aliphatic heterocycles. The van der Waals surface area contributed by atoms with Crippen LogP contribution in [0, 0.1) is 6.92 Å². The van der Waals surface area contributed by atoms with Gasteiger partial charge >= 0.3 is 0 Å². The van der Waals surface area contributed by atoms with Crippen molar-refractivity contribution in [1.82, 2.24) is 19.6 Å². The first kappa shape index (κ1) is 20.3. The normalized spacial score (nSPS) is 13.9. The Labute approximate surface area is 197 Å².